The van der Waals surface area contributed by atoms with Crippen molar-refractivity contribution in [2.24, 2.45) is 0 Å². The van der Waals surface area contributed by atoms with E-state index in [0.717, 1.165) is 25.9 Å². The minimum absolute atomic E-state index is 0.0753. The van der Waals surface area contributed by atoms with Crippen LogP contribution in [0.15, 0.2) is 48.5 Å². The standard InChI is InChI=1S/C20H22N2O3/c1-14-9-10-16(12-17(14)20(24)25)21-19(23)18-8-5-11-22(18)13-15-6-3-2-4-7-15/h2-4,6-7,9-10,12,18H,5,8,11,13H2,1H3,(H,21,23)(H,24,25)/t18-/m1/s1. The van der Waals surface area contributed by atoms with E-state index in [2.05, 4.69) is 22.3 Å². The van der Waals surface area contributed by atoms with Crippen LogP contribution in [0, 0.1) is 6.92 Å². The number of nitrogens with zero attached hydrogens (tertiary/aromatic N) is 1. The highest BCUT2D eigenvalue weighted by molar-refractivity contribution is 5.97. The smallest absolute Gasteiger partial charge is 0.336 e. The van der Waals surface area contributed by atoms with Gasteiger partial charge in [-0.05, 0) is 49.6 Å². The maximum Gasteiger partial charge on any atom is 0.336 e. The van der Waals surface area contributed by atoms with Crippen molar-refractivity contribution in [2.45, 2.75) is 32.4 Å². The Bertz CT molecular complexity index is 774. The number of amides is 1. The summed E-state index contributed by atoms with van der Waals surface area (Å²) in [6.07, 6.45) is 1.80. The topological polar surface area (TPSA) is 69.6 Å². The number of nitrogens with one attached hydrogen (secondary N) is 1. The van der Waals surface area contributed by atoms with Crippen LogP contribution in [0.1, 0.15) is 34.3 Å². The van der Waals surface area contributed by atoms with Gasteiger partial charge in [-0.25, -0.2) is 4.79 Å². The molecule has 0 spiro atoms. The van der Waals surface area contributed by atoms with Crippen molar-refractivity contribution in [2.75, 3.05) is 11.9 Å². The number of anilines is 1. The normalized spacial score (nSPS) is 17.4. The highest BCUT2D eigenvalue weighted by Crippen LogP contribution is 2.22. The van der Waals surface area contributed by atoms with Crippen LogP contribution in [-0.2, 0) is 11.3 Å². The molecule has 1 atom stereocenters. The van der Waals surface area contributed by atoms with Crippen LogP contribution in [0.2, 0.25) is 0 Å². The predicted octanol–water partition coefficient (Wildman–Crippen LogP) is 3.30. The summed E-state index contributed by atoms with van der Waals surface area (Å²) in [4.78, 5) is 26.1. The largest absolute Gasteiger partial charge is 0.478 e. The maximum atomic E-state index is 12.7. The molecule has 130 valence electrons. The summed E-state index contributed by atoms with van der Waals surface area (Å²) in [5, 5.41) is 12.1. The third-order valence-corrected chi connectivity index (χ3v) is 4.63. The second-order valence-electron chi connectivity index (χ2n) is 6.44. The monoisotopic (exact) mass is 338 g/mol. The molecule has 5 nitrogen and oxygen atoms in total. The van der Waals surface area contributed by atoms with Gasteiger partial charge in [-0.1, -0.05) is 36.4 Å². The Labute approximate surface area is 147 Å². The van der Waals surface area contributed by atoms with Crippen molar-refractivity contribution in [3.8, 4) is 0 Å². The van der Waals surface area contributed by atoms with E-state index in [-0.39, 0.29) is 17.5 Å². The molecule has 2 aromatic rings. The molecule has 1 aliphatic heterocycles. The van der Waals surface area contributed by atoms with Gasteiger partial charge in [0.1, 0.15) is 0 Å². The number of likely N-dealkylation sites (tertiary alicyclic amines) is 1. The highest BCUT2D eigenvalue weighted by Gasteiger charge is 2.30. The highest BCUT2D eigenvalue weighted by atomic mass is 16.4. The molecule has 1 heterocycles. The van der Waals surface area contributed by atoms with Gasteiger partial charge in [-0.2, -0.15) is 0 Å². The Balaban J connectivity index is 1.70. The van der Waals surface area contributed by atoms with E-state index in [1.165, 1.54) is 11.6 Å². The number of carboxylic acids is 1. The van der Waals surface area contributed by atoms with Crippen molar-refractivity contribution in [1.82, 2.24) is 4.90 Å². The summed E-state index contributed by atoms with van der Waals surface area (Å²) >= 11 is 0. The summed E-state index contributed by atoms with van der Waals surface area (Å²) in [5.41, 5.74) is 2.60. The van der Waals surface area contributed by atoms with E-state index < -0.39 is 5.97 Å². The van der Waals surface area contributed by atoms with Crippen LogP contribution in [0.5, 0.6) is 0 Å². The average molecular weight is 338 g/mol. The number of rotatable bonds is 5. The molecule has 2 N–H and O–H groups in total. The van der Waals surface area contributed by atoms with Gasteiger partial charge in [-0.3, -0.25) is 9.69 Å². The first kappa shape index (κ1) is 17.2. The zero-order valence-corrected chi connectivity index (χ0v) is 14.2. The Kier molecular flexibility index (Phi) is 5.14. The fourth-order valence-electron chi connectivity index (χ4n) is 3.29. The van der Waals surface area contributed by atoms with Gasteiger partial charge in [0, 0.05) is 12.2 Å². The van der Waals surface area contributed by atoms with E-state index in [0.29, 0.717) is 11.3 Å². The molecular formula is C20H22N2O3. The van der Waals surface area contributed by atoms with Gasteiger partial charge < -0.3 is 10.4 Å². The van der Waals surface area contributed by atoms with Crippen molar-refractivity contribution < 1.29 is 14.7 Å². The molecule has 5 heteroatoms. The molecule has 2 aromatic carbocycles. The van der Waals surface area contributed by atoms with Gasteiger partial charge in [-0.15, -0.1) is 0 Å². The van der Waals surface area contributed by atoms with Gasteiger partial charge >= 0.3 is 5.97 Å². The van der Waals surface area contributed by atoms with Crippen molar-refractivity contribution in [3.05, 3.63) is 65.2 Å². The summed E-state index contributed by atoms with van der Waals surface area (Å²) < 4.78 is 0. The molecule has 0 unspecified atom stereocenters. The number of carbonyl (C=O) groups excluding carboxylic acids is 1. The first-order valence-corrected chi connectivity index (χ1v) is 8.47. The Morgan fingerprint density at radius 2 is 1.96 bits per heavy atom. The average Bonchev–Trinajstić information content (AvgIpc) is 3.05. The lowest BCUT2D eigenvalue weighted by molar-refractivity contribution is -0.120. The van der Waals surface area contributed by atoms with E-state index in [4.69, 9.17) is 0 Å². The molecule has 1 saturated heterocycles. The predicted molar refractivity (Wildman–Crippen MR) is 96.6 cm³/mol. The maximum absolute atomic E-state index is 12.7. The number of aryl methyl sites for hydroxylation is 1. The second kappa shape index (κ2) is 7.49. The van der Waals surface area contributed by atoms with E-state index >= 15 is 0 Å². The van der Waals surface area contributed by atoms with Gasteiger partial charge in [0.15, 0.2) is 0 Å². The SMILES string of the molecule is Cc1ccc(NC(=O)[C@H]2CCCN2Cc2ccccc2)cc1C(=O)O. The first-order valence-electron chi connectivity index (χ1n) is 8.47. The van der Waals surface area contributed by atoms with Crippen LogP contribution in [0.25, 0.3) is 0 Å². The minimum atomic E-state index is -0.986. The third-order valence-electron chi connectivity index (χ3n) is 4.63. The minimum Gasteiger partial charge on any atom is -0.478 e. The molecule has 25 heavy (non-hydrogen) atoms. The molecule has 0 bridgehead atoms. The summed E-state index contributed by atoms with van der Waals surface area (Å²) in [7, 11) is 0. The third kappa shape index (κ3) is 4.06. The molecule has 0 aliphatic carbocycles. The van der Waals surface area contributed by atoms with Crippen LogP contribution in [0.3, 0.4) is 0 Å². The van der Waals surface area contributed by atoms with Crippen molar-refractivity contribution in [1.29, 1.82) is 0 Å². The number of hydrogen-bond donors (Lipinski definition) is 2. The van der Waals surface area contributed by atoms with Gasteiger partial charge in [0.05, 0.1) is 11.6 Å². The van der Waals surface area contributed by atoms with Crippen LogP contribution < -0.4 is 5.32 Å². The van der Waals surface area contributed by atoms with Crippen LogP contribution in [-0.4, -0.2) is 34.5 Å². The summed E-state index contributed by atoms with van der Waals surface area (Å²) in [6, 6.07) is 14.9. The fraction of sp³-hybridized carbons (Fsp3) is 0.300. The van der Waals surface area contributed by atoms with E-state index in [1.54, 1.807) is 19.1 Å². The molecule has 0 saturated carbocycles. The number of carboxylic acid groups (broad SMARTS) is 1. The first-order chi connectivity index (χ1) is 12.0. The Morgan fingerprint density at radius 3 is 2.68 bits per heavy atom. The van der Waals surface area contributed by atoms with Gasteiger partial charge in [0.25, 0.3) is 0 Å². The lowest BCUT2D eigenvalue weighted by atomic mass is 10.1. The van der Waals surface area contributed by atoms with E-state index in [1.807, 2.05) is 18.2 Å². The zero-order valence-electron chi connectivity index (χ0n) is 14.2. The number of benzene rings is 2. The molecule has 0 radical (unpaired) electrons. The summed E-state index contributed by atoms with van der Waals surface area (Å²) in [5.74, 6) is -1.06. The fourth-order valence-corrected chi connectivity index (χ4v) is 3.29. The number of hydrogen-bond acceptors (Lipinski definition) is 3. The van der Waals surface area contributed by atoms with E-state index in [9.17, 15) is 14.7 Å². The Hall–Kier alpha value is -2.66. The number of carbonyl (C=O) groups is 2. The molecular weight excluding hydrogens is 316 g/mol. The van der Waals surface area contributed by atoms with Crippen molar-refractivity contribution in [3.63, 3.8) is 0 Å². The lowest BCUT2D eigenvalue weighted by Crippen LogP contribution is -2.39. The Morgan fingerprint density at radius 1 is 1.20 bits per heavy atom. The lowest BCUT2D eigenvalue weighted by Gasteiger charge is -2.23. The molecule has 3 rings (SSSR count). The number of aromatic carboxylic acids is 1. The molecule has 1 fully saturated rings. The van der Waals surface area contributed by atoms with Crippen LogP contribution in [0.4, 0.5) is 5.69 Å². The second-order valence-corrected chi connectivity index (χ2v) is 6.44. The molecule has 1 aliphatic rings. The quantitative estimate of drug-likeness (QED) is 0.878. The van der Waals surface area contributed by atoms with Crippen molar-refractivity contribution >= 4 is 17.6 Å². The van der Waals surface area contributed by atoms with Gasteiger partial charge in [0.2, 0.25) is 5.91 Å². The molecule has 1 amide bonds. The molecule has 0 aromatic heterocycles. The summed E-state index contributed by atoms with van der Waals surface area (Å²) in [6.45, 7) is 3.38. The van der Waals surface area contributed by atoms with Crippen LogP contribution >= 0.6 is 0 Å². The zero-order chi connectivity index (χ0) is 17.8.